The molecular formula is C33H48IN3O9. The summed E-state index contributed by atoms with van der Waals surface area (Å²) >= 11 is 2.22. The highest BCUT2D eigenvalue weighted by molar-refractivity contribution is 14.1. The number of aliphatic hydroxyl groups excluding tert-OH is 2. The maximum absolute atomic E-state index is 14.6. The van der Waals surface area contributed by atoms with Crippen molar-refractivity contribution in [3.8, 4) is 0 Å². The van der Waals surface area contributed by atoms with Crippen LogP contribution in [0.5, 0.6) is 0 Å². The van der Waals surface area contributed by atoms with Gasteiger partial charge in [-0.05, 0) is 60.1 Å². The van der Waals surface area contributed by atoms with Gasteiger partial charge in [0, 0.05) is 29.4 Å². The molecule has 4 N–H and O–H groups in total. The van der Waals surface area contributed by atoms with Gasteiger partial charge >= 0.3 is 5.97 Å². The van der Waals surface area contributed by atoms with E-state index in [-0.39, 0.29) is 26.1 Å². The molecular weight excluding hydrogens is 709 g/mol. The Kier molecular flexibility index (Phi) is 11.6. The lowest BCUT2D eigenvalue weighted by molar-refractivity contribution is -0.224. The van der Waals surface area contributed by atoms with Crippen LogP contribution in [0, 0.1) is 8.99 Å². The molecule has 8 atom stereocenters. The van der Waals surface area contributed by atoms with Crippen LogP contribution in [0.1, 0.15) is 84.1 Å². The quantitative estimate of drug-likeness (QED) is 0.112. The van der Waals surface area contributed by atoms with Crippen LogP contribution in [0.25, 0.3) is 0 Å². The number of esters is 1. The normalized spacial score (nSPS) is 30.7. The Morgan fingerprint density at radius 2 is 1.72 bits per heavy atom. The van der Waals surface area contributed by atoms with Crippen molar-refractivity contribution in [1.82, 2.24) is 15.7 Å². The van der Waals surface area contributed by atoms with Gasteiger partial charge in [0.05, 0.1) is 19.3 Å². The largest absolute Gasteiger partial charge is 0.458 e. The van der Waals surface area contributed by atoms with Gasteiger partial charge in [0.25, 0.3) is 0 Å². The highest BCUT2D eigenvalue weighted by Crippen LogP contribution is 2.58. The number of carbonyl (C=O) groups excluding carboxylic acids is 3. The highest BCUT2D eigenvalue weighted by Gasteiger charge is 2.76. The van der Waals surface area contributed by atoms with Crippen molar-refractivity contribution < 1.29 is 43.6 Å². The summed E-state index contributed by atoms with van der Waals surface area (Å²) < 4.78 is 20.8. The minimum atomic E-state index is -1.49. The number of halogens is 1. The zero-order valence-electron chi connectivity index (χ0n) is 26.9. The molecule has 46 heavy (non-hydrogen) atoms. The number of amides is 2. The molecule has 2 unspecified atom stereocenters. The number of hydrogen-bond donors (Lipinski definition) is 4. The fourth-order valence-electron chi connectivity index (χ4n) is 7.44. The molecule has 1 aromatic carbocycles. The number of unbranched alkanes of at least 4 members (excludes halogenated alkanes) is 4. The molecule has 1 saturated carbocycles. The zero-order valence-corrected chi connectivity index (χ0v) is 29.1. The Hall–Kier alpha value is -1.88. The molecule has 0 aromatic heterocycles. The first-order valence-corrected chi connectivity index (χ1v) is 17.8. The van der Waals surface area contributed by atoms with E-state index in [0.717, 1.165) is 47.7 Å². The first-order valence-electron chi connectivity index (χ1n) is 16.7. The van der Waals surface area contributed by atoms with E-state index in [9.17, 15) is 24.6 Å². The van der Waals surface area contributed by atoms with Crippen molar-refractivity contribution in [2.75, 3.05) is 13.2 Å². The zero-order chi connectivity index (χ0) is 33.1. The molecule has 2 bridgehead atoms. The lowest BCUT2D eigenvalue weighted by atomic mass is 9.62. The molecule has 1 aliphatic carbocycles. The van der Waals surface area contributed by atoms with E-state index in [1.165, 1.54) is 12.0 Å². The van der Waals surface area contributed by atoms with Gasteiger partial charge < -0.3 is 35.1 Å². The number of hydroxylamine groups is 2. The topological polar surface area (TPSA) is 156 Å². The number of fused-ring (bicyclic) bond motifs is 4. The minimum absolute atomic E-state index is 0.0390. The number of rotatable bonds is 16. The molecule has 12 nitrogen and oxygen atoms in total. The van der Waals surface area contributed by atoms with Gasteiger partial charge in [0.15, 0.2) is 11.8 Å². The van der Waals surface area contributed by atoms with Gasteiger partial charge in [-0.1, -0.05) is 51.7 Å². The van der Waals surface area contributed by atoms with Gasteiger partial charge in [-0.2, -0.15) is 5.06 Å². The second-order valence-electron chi connectivity index (χ2n) is 13.0. The number of nitrogens with one attached hydrogen (secondary N) is 2. The van der Waals surface area contributed by atoms with Crippen LogP contribution < -0.4 is 10.6 Å². The van der Waals surface area contributed by atoms with E-state index in [2.05, 4.69) is 47.1 Å². The third-order valence-electron chi connectivity index (χ3n) is 9.71. The molecule has 256 valence electrons. The van der Waals surface area contributed by atoms with Crippen LogP contribution in [-0.4, -0.2) is 94.6 Å². The maximum atomic E-state index is 14.6. The second kappa shape index (κ2) is 15.1. The molecule has 2 amide bonds. The van der Waals surface area contributed by atoms with E-state index in [4.69, 9.17) is 19.0 Å². The van der Waals surface area contributed by atoms with Crippen molar-refractivity contribution in [3.05, 3.63) is 33.4 Å². The van der Waals surface area contributed by atoms with Crippen LogP contribution in [0.3, 0.4) is 0 Å². The number of nitrogens with zero attached hydrogens (tertiary/aromatic N) is 1. The Bertz CT molecular complexity index is 1220. The summed E-state index contributed by atoms with van der Waals surface area (Å²) in [6.07, 6.45) is 3.14. The van der Waals surface area contributed by atoms with Gasteiger partial charge in [0.1, 0.15) is 35.9 Å². The van der Waals surface area contributed by atoms with Crippen molar-refractivity contribution in [3.63, 3.8) is 0 Å². The molecule has 1 aromatic rings. The van der Waals surface area contributed by atoms with E-state index in [0.29, 0.717) is 12.8 Å². The molecule has 13 heteroatoms. The number of carbonyl (C=O) groups is 3. The summed E-state index contributed by atoms with van der Waals surface area (Å²) in [5, 5.41) is 26.5. The molecule has 3 heterocycles. The summed E-state index contributed by atoms with van der Waals surface area (Å²) in [6.45, 7) is 5.56. The summed E-state index contributed by atoms with van der Waals surface area (Å²) in [6, 6.07) is 5.35. The Morgan fingerprint density at radius 1 is 1.07 bits per heavy atom. The van der Waals surface area contributed by atoms with Gasteiger partial charge in [-0.15, -0.1) is 0 Å². The van der Waals surface area contributed by atoms with Crippen LogP contribution in [0.2, 0.25) is 0 Å². The number of hydrogen-bond acceptors (Lipinski definition) is 10. The van der Waals surface area contributed by atoms with Crippen LogP contribution in [0.4, 0.5) is 0 Å². The predicted molar refractivity (Wildman–Crippen MR) is 175 cm³/mol. The van der Waals surface area contributed by atoms with Crippen molar-refractivity contribution in [2.45, 2.75) is 133 Å². The number of benzene rings is 1. The van der Waals surface area contributed by atoms with Crippen LogP contribution >= 0.6 is 22.6 Å². The Labute approximate surface area is 284 Å². The van der Waals surface area contributed by atoms with Gasteiger partial charge in [-0.25, -0.2) is 0 Å². The minimum Gasteiger partial charge on any atom is -0.458 e. The molecule has 0 spiro atoms. The van der Waals surface area contributed by atoms with Gasteiger partial charge in [0.2, 0.25) is 11.8 Å². The van der Waals surface area contributed by atoms with E-state index in [1.807, 2.05) is 24.3 Å². The lowest BCUT2D eigenvalue weighted by Crippen LogP contribution is -2.71. The first-order chi connectivity index (χ1) is 22.1. The molecule has 5 rings (SSSR count). The molecule has 4 fully saturated rings. The third kappa shape index (κ3) is 6.96. The first kappa shape index (κ1) is 35.4. The summed E-state index contributed by atoms with van der Waals surface area (Å²) in [4.78, 5) is 48.1. The maximum Gasteiger partial charge on any atom is 0.327 e. The molecule has 0 radical (unpaired) electrons. The van der Waals surface area contributed by atoms with Crippen molar-refractivity contribution in [1.29, 1.82) is 0 Å². The average molecular weight is 758 g/mol. The van der Waals surface area contributed by atoms with Crippen LogP contribution in [-0.2, 0) is 40.0 Å². The van der Waals surface area contributed by atoms with Crippen molar-refractivity contribution >= 4 is 40.4 Å². The monoisotopic (exact) mass is 757 g/mol. The van der Waals surface area contributed by atoms with Gasteiger partial charge in [-0.3, -0.25) is 19.2 Å². The number of aliphatic hydroxyl groups is 2. The lowest BCUT2D eigenvalue weighted by Gasteiger charge is -2.49. The fraction of sp³-hybridized carbons (Fsp3) is 0.727. The van der Waals surface area contributed by atoms with Crippen molar-refractivity contribution in [2.24, 2.45) is 5.41 Å². The van der Waals surface area contributed by atoms with E-state index < -0.39 is 71.6 Å². The fourth-order valence-corrected chi connectivity index (χ4v) is 7.80. The SMILES string of the molecule is CCCCCC1(CCCCC)O[C@@H]2[C@H]3ON(Cc4ccc(I)cc4)[C@H]4C(=O)OC(CC34C(=O)N[C@@H](C(=O)NCCO)[C@H](C)O)[C@@H]2O1. The molecule has 3 aliphatic heterocycles. The molecule has 4 aliphatic rings. The summed E-state index contributed by atoms with van der Waals surface area (Å²) in [5.41, 5.74) is -0.607. The molecule has 3 saturated heterocycles. The third-order valence-corrected chi connectivity index (χ3v) is 10.4. The smallest absolute Gasteiger partial charge is 0.327 e. The standard InChI is InChI=1S/C33H48IN3O9/c1-4-6-8-14-32(15-9-7-5-2)44-25-23-18-33(31(42)36-24(20(3)39)29(40)35-16-17-38)27(30(41)43-23)37(46-28(33)26(25)45-32)19-21-10-12-22(34)13-11-21/h10-13,20,23-28,38-39H,4-9,14-19H2,1-3H3,(H,35,40)(H,36,42)/t20-,23?,24+,25-,26-,27-,28+,33?/m0/s1. The number of ether oxygens (including phenoxy) is 3. The predicted octanol–water partition coefficient (Wildman–Crippen LogP) is 2.71. The highest BCUT2D eigenvalue weighted by atomic mass is 127. The summed E-state index contributed by atoms with van der Waals surface area (Å²) in [5.74, 6) is -2.74. The Morgan fingerprint density at radius 3 is 2.33 bits per heavy atom. The van der Waals surface area contributed by atoms with Crippen LogP contribution in [0.15, 0.2) is 24.3 Å². The average Bonchev–Trinajstić information content (AvgIpc) is 3.58. The van der Waals surface area contributed by atoms with E-state index >= 15 is 0 Å². The van der Waals surface area contributed by atoms with E-state index in [1.54, 1.807) is 0 Å². The second-order valence-corrected chi connectivity index (χ2v) is 14.3. The summed E-state index contributed by atoms with van der Waals surface area (Å²) in [7, 11) is 0. The Balaban J connectivity index is 1.52.